The number of benzene rings is 1. The highest BCUT2D eigenvalue weighted by Crippen LogP contribution is 2.18. The van der Waals surface area contributed by atoms with E-state index >= 15 is 0 Å². The second-order valence-corrected chi connectivity index (χ2v) is 6.57. The molecule has 1 aromatic heterocycles. The molecular weight excluding hydrogens is 337 g/mol. The Hall–Kier alpha value is -2.77. The van der Waals surface area contributed by atoms with Gasteiger partial charge in [0.2, 0.25) is 11.7 Å². The molecule has 1 fully saturated rings. The van der Waals surface area contributed by atoms with Crippen LogP contribution in [0.4, 0.5) is 4.39 Å². The summed E-state index contributed by atoms with van der Waals surface area (Å²) in [5.74, 6) is -0.479. The topological polar surface area (TPSA) is 80.1 Å². The number of aromatic nitrogens is 3. The maximum Gasteiger partial charge on any atom is 0.291 e. The predicted molar refractivity (Wildman–Crippen MR) is 93.5 cm³/mol. The van der Waals surface area contributed by atoms with Crippen LogP contribution in [0.3, 0.4) is 0 Å². The molecule has 2 aromatic rings. The molecule has 138 valence electrons. The fourth-order valence-electron chi connectivity index (χ4n) is 3.00. The average molecular weight is 359 g/mol. The van der Waals surface area contributed by atoms with E-state index < -0.39 is 17.8 Å². The minimum absolute atomic E-state index is 0.0176. The molecule has 2 heterocycles. The Bertz CT molecular complexity index is 833. The van der Waals surface area contributed by atoms with Crippen LogP contribution in [-0.4, -0.2) is 50.6 Å². The van der Waals surface area contributed by atoms with Gasteiger partial charge in [-0.25, -0.2) is 14.1 Å². The van der Waals surface area contributed by atoms with Gasteiger partial charge in [0.25, 0.3) is 5.91 Å². The van der Waals surface area contributed by atoms with Gasteiger partial charge in [-0.1, -0.05) is 19.9 Å². The fourth-order valence-corrected chi connectivity index (χ4v) is 3.00. The van der Waals surface area contributed by atoms with Gasteiger partial charge in [-0.2, -0.15) is 0 Å². The minimum atomic E-state index is -0.550. The molecule has 2 amide bonds. The standard InChI is InChI=1S/C18H22FN5O2/c1-4-23-9-8-14(18(23)26)20-17(25)15-21-16(11(2)3)24(22-15)13-7-5-6-12(19)10-13/h5-7,10-11,14H,4,8-9H2,1-3H3,(H,20,25). The van der Waals surface area contributed by atoms with E-state index in [0.29, 0.717) is 31.0 Å². The Morgan fingerprint density at radius 2 is 2.19 bits per heavy atom. The maximum atomic E-state index is 13.6. The van der Waals surface area contributed by atoms with Crippen molar-refractivity contribution in [2.75, 3.05) is 13.1 Å². The molecule has 1 saturated heterocycles. The molecule has 0 bridgehead atoms. The number of halogens is 1. The predicted octanol–water partition coefficient (Wildman–Crippen LogP) is 1.88. The number of amides is 2. The quantitative estimate of drug-likeness (QED) is 0.884. The van der Waals surface area contributed by atoms with Gasteiger partial charge in [-0.15, -0.1) is 5.10 Å². The third-order valence-corrected chi connectivity index (χ3v) is 4.39. The average Bonchev–Trinajstić information content (AvgIpc) is 3.20. The van der Waals surface area contributed by atoms with Crippen molar-refractivity contribution in [2.24, 2.45) is 0 Å². The monoisotopic (exact) mass is 359 g/mol. The molecule has 0 saturated carbocycles. The van der Waals surface area contributed by atoms with Crippen molar-refractivity contribution in [2.45, 2.75) is 39.2 Å². The summed E-state index contributed by atoms with van der Waals surface area (Å²) in [7, 11) is 0. The van der Waals surface area contributed by atoms with Crippen LogP contribution in [0.1, 0.15) is 49.6 Å². The molecule has 26 heavy (non-hydrogen) atoms. The summed E-state index contributed by atoms with van der Waals surface area (Å²) in [6.45, 7) is 6.99. The zero-order valence-corrected chi connectivity index (χ0v) is 15.1. The van der Waals surface area contributed by atoms with E-state index in [2.05, 4.69) is 15.4 Å². The maximum absolute atomic E-state index is 13.6. The summed E-state index contributed by atoms with van der Waals surface area (Å²) in [5.41, 5.74) is 0.495. The molecule has 1 N–H and O–H groups in total. The molecule has 0 spiro atoms. The first-order valence-corrected chi connectivity index (χ1v) is 8.73. The van der Waals surface area contributed by atoms with Crippen LogP contribution in [0.2, 0.25) is 0 Å². The molecule has 1 aliphatic rings. The number of hydrogen-bond donors (Lipinski definition) is 1. The van der Waals surface area contributed by atoms with Crippen molar-refractivity contribution < 1.29 is 14.0 Å². The van der Waals surface area contributed by atoms with Crippen molar-refractivity contribution in [1.82, 2.24) is 25.0 Å². The van der Waals surface area contributed by atoms with Gasteiger partial charge in [-0.05, 0) is 31.5 Å². The number of likely N-dealkylation sites (N-methyl/N-ethyl adjacent to an activating group) is 1. The molecule has 1 aromatic carbocycles. The normalized spacial score (nSPS) is 17.2. The second kappa shape index (κ2) is 7.23. The van der Waals surface area contributed by atoms with E-state index in [1.54, 1.807) is 17.0 Å². The number of hydrogen-bond acceptors (Lipinski definition) is 4. The first kappa shape index (κ1) is 18.0. The van der Waals surface area contributed by atoms with Gasteiger partial charge in [0.1, 0.15) is 17.7 Å². The third-order valence-electron chi connectivity index (χ3n) is 4.39. The summed E-state index contributed by atoms with van der Waals surface area (Å²) in [6, 6.07) is 5.40. The Morgan fingerprint density at radius 3 is 2.81 bits per heavy atom. The van der Waals surface area contributed by atoms with Crippen LogP contribution in [0.15, 0.2) is 24.3 Å². The van der Waals surface area contributed by atoms with E-state index in [1.807, 2.05) is 20.8 Å². The number of carbonyl (C=O) groups is 2. The largest absolute Gasteiger partial charge is 0.341 e. The smallest absolute Gasteiger partial charge is 0.291 e. The highest BCUT2D eigenvalue weighted by atomic mass is 19.1. The van der Waals surface area contributed by atoms with Gasteiger partial charge >= 0.3 is 0 Å². The van der Waals surface area contributed by atoms with Gasteiger partial charge < -0.3 is 10.2 Å². The van der Waals surface area contributed by atoms with Gasteiger partial charge in [0.15, 0.2) is 0 Å². The second-order valence-electron chi connectivity index (χ2n) is 6.57. The van der Waals surface area contributed by atoms with Crippen LogP contribution in [0, 0.1) is 5.82 Å². The molecule has 1 atom stereocenters. The Balaban J connectivity index is 1.86. The van der Waals surface area contributed by atoms with Crippen molar-refractivity contribution in [3.05, 3.63) is 41.7 Å². The fraction of sp³-hybridized carbons (Fsp3) is 0.444. The zero-order chi connectivity index (χ0) is 18.8. The van der Waals surface area contributed by atoms with E-state index in [9.17, 15) is 14.0 Å². The zero-order valence-electron chi connectivity index (χ0n) is 15.1. The van der Waals surface area contributed by atoms with Crippen LogP contribution < -0.4 is 5.32 Å². The van der Waals surface area contributed by atoms with E-state index in [-0.39, 0.29) is 17.6 Å². The summed E-state index contributed by atoms with van der Waals surface area (Å²) in [4.78, 5) is 30.7. The number of nitrogens with one attached hydrogen (secondary N) is 1. The van der Waals surface area contributed by atoms with Gasteiger partial charge in [0.05, 0.1) is 5.69 Å². The lowest BCUT2D eigenvalue weighted by Gasteiger charge is -2.13. The highest BCUT2D eigenvalue weighted by molar-refractivity contribution is 5.95. The van der Waals surface area contributed by atoms with Crippen molar-refractivity contribution >= 4 is 11.8 Å². The van der Waals surface area contributed by atoms with Crippen LogP contribution in [-0.2, 0) is 4.79 Å². The lowest BCUT2D eigenvalue weighted by molar-refractivity contribution is -0.129. The van der Waals surface area contributed by atoms with E-state index in [0.717, 1.165) is 0 Å². The molecule has 8 heteroatoms. The lowest BCUT2D eigenvalue weighted by atomic mass is 10.2. The number of carbonyl (C=O) groups excluding carboxylic acids is 2. The number of rotatable bonds is 5. The number of likely N-dealkylation sites (tertiary alicyclic amines) is 1. The summed E-state index contributed by atoms with van der Waals surface area (Å²) in [6.07, 6.45) is 0.570. The molecule has 0 aliphatic carbocycles. The first-order chi connectivity index (χ1) is 12.4. The molecule has 1 unspecified atom stereocenters. The molecule has 7 nitrogen and oxygen atoms in total. The van der Waals surface area contributed by atoms with E-state index in [4.69, 9.17) is 0 Å². The van der Waals surface area contributed by atoms with Crippen LogP contribution in [0.5, 0.6) is 0 Å². The van der Waals surface area contributed by atoms with Gasteiger partial charge in [-0.3, -0.25) is 9.59 Å². The highest BCUT2D eigenvalue weighted by Gasteiger charge is 2.33. The van der Waals surface area contributed by atoms with Crippen molar-refractivity contribution in [3.8, 4) is 5.69 Å². The van der Waals surface area contributed by atoms with Crippen molar-refractivity contribution in [1.29, 1.82) is 0 Å². The Kier molecular flexibility index (Phi) is 5.01. The van der Waals surface area contributed by atoms with E-state index in [1.165, 1.54) is 16.8 Å². The minimum Gasteiger partial charge on any atom is -0.341 e. The third kappa shape index (κ3) is 3.44. The number of nitrogens with zero attached hydrogens (tertiary/aromatic N) is 4. The molecule has 3 rings (SSSR count). The van der Waals surface area contributed by atoms with Gasteiger partial charge in [0, 0.05) is 19.0 Å². The molecular formula is C18H22FN5O2. The Morgan fingerprint density at radius 1 is 1.42 bits per heavy atom. The summed E-state index contributed by atoms with van der Waals surface area (Å²) >= 11 is 0. The molecule has 0 radical (unpaired) electrons. The Labute approximate surface area is 151 Å². The summed E-state index contributed by atoms with van der Waals surface area (Å²) in [5, 5.41) is 6.96. The van der Waals surface area contributed by atoms with Crippen LogP contribution in [0.25, 0.3) is 5.69 Å². The first-order valence-electron chi connectivity index (χ1n) is 8.73. The SMILES string of the molecule is CCN1CCC(NC(=O)c2nc(C(C)C)n(-c3cccc(F)c3)n2)C1=O. The van der Waals surface area contributed by atoms with Crippen molar-refractivity contribution in [3.63, 3.8) is 0 Å². The molecule has 1 aliphatic heterocycles. The lowest BCUT2D eigenvalue weighted by Crippen LogP contribution is -2.41. The summed E-state index contributed by atoms with van der Waals surface area (Å²) < 4.78 is 15.0. The van der Waals surface area contributed by atoms with Crippen LogP contribution >= 0.6 is 0 Å².